The van der Waals surface area contributed by atoms with Crippen molar-refractivity contribution in [3.8, 4) is 0 Å². The van der Waals surface area contributed by atoms with Crippen LogP contribution < -0.4 is 9.47 Å². The van der Waals surface area contributed by atoms with Crippen molar-refractivity contribution in [1.29, 1.82) is 0 Å². The van der Waals surface area contributed by atoms with Gasteiger partial charge in [-0.05, 0) is 48.9 Å². The third-order valence-electron chi connectivity index (χ3n) is 5.20. The summed E-state index contributed by atoms with van der Waals surface area (Å²) in [6, 6.07) is 18.0. The molecule has 8 heteroatoms. The molecule has 0 fully saturated rings. The number of benzene rings is 2. The molecule has 1 aliphatic heterocycles. The molecule has 2 aromatic carbocycles. The highest BCUT2D eigenvalue weighted by molar-refractivity contribution is 7.85. The summed E-state index contributed by atoms with van der Waals surface area (Å²) in [5.74, 6) is 0.621. The number of allylic oxidation sites excluding steroid dienone is 2. The molecule has 5 rings (SSSR count). The number of fused-ring (bicyclic) bond motifs is 2. The van der Waals surface area contributed by atoms with Crippen molar-refractivity contribution in [2.45, 2.75) is 11.8 Å². The third kappa shape index (κ3) is 5.02. The van der Waals surface area contributed by atoms with E-state index in [1.54, 1.807) is 12.1 Å². The average molecular weight is 462 g/mol. The van der Waals surface area contributed by atoms with Gasteiger partial charge in [0.25, 0.3) is 0 Å². The maximum absolute atomic E-state index is 10.4. The number of anilines is 1. The molecule has 7 nitrogen and oxygen atoms in total. The number of aryl methyl sites for hydroxylation is 2. The Labute approximate surface area is 192 Å². The minimum atomic E-state index is -4.27. The Bertz CT molecular complexity index is 1470. The van der Waals surface area contributed by atoms with Gasteiger partial charge in [0, 0.05) is 35.6 Å². The van der Waals surface area contributed by atoms with Crippen molar-refractivity contribution in [1.82, 2.24) is 4.98 Å². The Hall–Kier alpha value is -3.75. The summed E-state index contributed by atoms with van der Waals surface area (Å²) >= 11 is 0. The quantitative estimate of drug-likeness (QED) is 0.330. The first kappa shape index (κ1) is 22.4. The van der Waals surface area contributed by atoms with E-state index in [1.807, 2.05) is 62.1 Å². The highest BCUT2D eigenvalue weighted by Crippen LogP contribution is 2.33. The van der Waals surface area contributed by atoms with Crippen LogP contribution in [-0.4, -0.2) is 25.0 Å². The maximum Gasteiger partial charge on any atom is 0.370 e. The van der Waals surface area contributed by atoms with Gasteiger partial charge in [-0.1, -0.05) is 35.9 Å². The Morgan fingerprint density at radius 3 is 2.48 bits per heavy atom. The van der Waals surface area contributed by atoms with Crippen LogP contribution in [0.2, 0.25) is 0 Å². The van der Waals surface area contributed by atoms with Gasteiger partial charge in [0.05, 0.1) is 18.1 Å². The lowest BCUT2D eigenvalue weighted by Crippen LogP contribution is -2.28. The predicted molar refractivity (Wildman–Crippen MR) is 126 cm³/mol. The van der Waals surface area contributed by atoms with Crippen LogP contribution in [0.4, 0.5) is 5.69 Å². The van der Waals surface area contributed by atoms with Crippen LogP contribution in [0.3, 0.4) is 0 Å². The first-order chi connectivity index (χ1) is 15.7. The van der Waals surface area contributed by atoms with Gasteiger partial charge in [0.1, 0.15) is 10.1 Å². The van der Waals surface area contributed by atoms with Crippen LogP contribution in [-0.2, 0) is 17.2 Å². The SMILES string of the molecule is CN1C=C/C(=C\c2nc3c(ccc[n+]3C)o2)c2ccccc21.Cc1ccc(S(=O)(=O)[O-])cc1. The molecular formula is C25H23N3O4S. The zero-order valence-electron chi connectivity index (χ0n) is 18.5. The standard InChI is InChI=1S/C18H16N3O.C7H8O3S/c1-20-11-9-13(14-6-3-4-7-15(14)20)12-17-19-18-16(22-17)8-5-10-21(18)2;1-6-2-4-7(5-3-6)11(8,9)10/h3-12H,1-2H3;2-5H,1H3,(H,8,9,10)/q+1;/p-1. The van der Waals surface area contributed by atoms with Gasteiger partial charge in [0.2, 0.25) is 5.58 Å². The lowest BCUT2D eigenvalue weighted by Gasteiger charge is -2.23. The minimum absolute atomic E-state index is 0.178. The van der Waals surface area contributed by atoms with Crippen molar-refractivity contribution in [2.24, 2.45) is 7.05 Å². The van der Waals surface area contributed by atoms with Gasteiger partial charge < -0.3 is 13.9 Å². The van der Waals surface area contributed by atoms with E-state index in [9.17, 15) is 13.0 Å². The summed E-state index contributed by atoms with van der Waals surface area (Å²) in [7, 11) is -0.258. The summed E-state index contributed by atoms with van der Waals surface area (Å²) in [5.41, 5.74) is 6.03. The molecule has 0 unspecified atom stereocenters. The van der Waals surface area contributed by atoms with Crippen LogP contribution in [0.1, 0.15) is 17.0 Å². The Kier molecular flexibility index (Phi) is 6.13. The van der Waals surface area contributed by atoms with E-state index in [4.69, 9.17) is 4.42 Å². The van der Waals surface area contributed by atoms with E-state index < -0.39 is 10.1 Å². The lowest BCUT2D eigenvalue weighted by molar-refractivity contribution is -0.646. The average Bonchev–Trinajstić information content (AvgIpc) is 3.20. The van der Waals surface area contributed by atoms with Crippen LogP contribution >= 0.6 is 0 Å². The molecule has 0 amide bonds. The van der Waals surface area contributed by atoms with Crippen molar-refractivity contribution in [2.75, 3.05) is 11.9 Å². The van der Waals surface area contributed by atoms with Crippen molar-refractivity contribution < 1.29 is 22.0 Å². The molecule has 3 heterocycles. The van der Waals surface area contributed by atoms with Gasteiger partial charge in [-0.3, -0.25) is 0 Å². The normalized spacial score (nSPS) is 14.2. The highest BCUT2D eigenvalue weighted by atomic mass is 32.2. The second-order valence-corrected chi connectivity index (χ2v) is 9.05. The smallest absolute Gasteiger partial charge is 0.370 e. The second-order valence-electron chi connectivity index (χ2n) is 7.67. The fraction of sp³-hybridized carbons (Fsp3) is 0.120. The number of hydrogen-bond acceptors (Lipinski definition) is 6. The number of nitrogens with zero attached hydrogens (tertiary/aromatic N) is 3. The van der Waals surface area contributed by atoms with Gasteiger partial charge >= 0.3 is 11.5 Å². The van der Waals surface area contributed by atoms with Crippen LogP contribution in [0.15, 0.2) is 88.4 Å². The first-order valence-electron chi connectivity index (χ1n) is 10.2. The van der Waals surface area contributed by atoms with E-state index in [2.05, 4.69) is 34.3 Å². The number of hydrogen-bond donors (Lipinski definition) is 0. The third-order valence-corrected chi connectivity index (χ3v) is 6.05. The molecule has 0 saturated carbocycles. The van der Waals surface area contributed by atoms with E-state index in [0.717, 1.165) is 22.4 Å². The summed E-state index contributed by atoms with van der Waals surface area (Å²) < 4.78 is 39.0. The molecule has 0 spiro atoms. The highest BCUT2D eigenvalue weighted by Gasteiger charge is 2.18. The van der Waals surface area contributed by atoms with Gasteiger partial charge in [-0.15, -0.1) is 0 Å². The predicted octanol–water partition coefficient (Wildman–Crippen LogP) is 4.06. The number of oxazole rings is 1. The molecule has 2 aromatic heterocycles. The molecule has 1 aliphatic rings. The summed E-state index contributed by atoms with van der Waals surface area (Å²) in [4.78, 5) is 6.50. The number of para-hydroxylation sites is 1. The van der Waals surface area contributed by atoms with Crippen LogP contribution in [0.5, 0.6) is 0 Å². The van der Waals surface area contributed by atoms with Crippen LogP contribution in [0.25, 0.3) is 22.9 Å². The molecule has 168 valence electrons. The number of rotatable bonds is 2. The van der Waals surface area contributed by atoms with Crippen molar-refractivity contribution >= 4 is 38.7 Å². The van der Waals surface area contributed by atoms with Crippen molar-refractivity contribution in [3.63, 3.8) is 0 Å². The molecule has 0 aliphatic carbocycles. The van der Waals surface area contributed by atoms with E-state index in [0.29, 0.717) is 5.89 Å². The Balaban J connectivity index is 0.000000200. The molecular weight excluding hydrogens is 438 g/mol. The van der Waals surface area contributed by atoms with E-state index >= 15 is 0 Å². The van der Waals surface area contributed by atoms with E-state index in [-0.39, 0.29) is 4.90 Å². The first-order valence-corrected chi connectivity index (χ1v) is 11.6. The topological polar surface area (TPSA) is 90.4 Å². The largest absolute Gasteiger partial charge is 0.744 e. The Morgan fingerprint density at radius 1 is 1.06 bits per heavy atom. The monoisotopic (exact) mass is 461 g/mol. The van der Waals surface area contributed by atoms with Crippen molar-refractivity contribution in [3.05, 3.63) is 96.2 Å². The number of pyridine rings is 1. The second kappa shape index (κ2) is 9.01. The van der Waals surface area contributed by atoms with Gasteiger partial charge in [-0.2, -0.15) is 0 Å². The Morgan fingerprint density at radius 2 is 1.79 bits per heavy atom. The zero-order chi connectivity index (χ0) is 23.6. The molecule has 0 N–H and O–H groups in total. The summed E-state index contributed by atoms with van der Waals surface area (Å²) in [5, 5.41) is 0. The fourth-order valence-electron chi connectivity index (χ4n) is 3.45. The molecule has 0 radical (unpaired) electrons. The van der Waals surface area contributed by atoms with E-state index in [1.165, 1.54) is 23.4 Å². The summed E-state index contributed by atoms with van der Waals surface area (Å²) in [6.45, 7) is 1.82. The molecule has 4 aromatic rings. The molecule has 33 heavy (non-hydrogen) atoms. The number of aromatic nitrogens is 2. The fourth-order valence-corrected chi connectivity index (χ4v) is 3.91. The summed E-state index contributed by atoms with van der Waals surface area (Å²) in [6.07, 6.45) is 8.09. The maximum atomic E-state index is 10.4. The van der Waals surface area contributed by atoms with Gasteiger partial charge in [-0.25, -0.2) is 13.0 Å². The minimum Gasteiger partial charge on any atom is -0.744 e. The van der Waals surface area contributed by atoms with Gasteiger partial charge in [0.15, 0.2) is 0 Å². The molecule has 0 atom stereocenters. The molecule has 0 bridgehead atoms. The lowest BCUT2D eigenvalue weighted by atomic mass is 10.00. The van der Waals surface area contributed by atoms with Crippen LogP contribution in [0, 0.1) is 6.92 Å². The zero-order valence-corrected chi connectivity index (χ0v) is 19.3. The molecule has 0 saturated heterocycles.